The third-order valence-corrected chi connectivity index (χ3v) is 6.82. The van der Waals surface area contributed by atoms with E-state index in [9.17, 15) is 9.90 Å². The van der Waals surface area contributed by atoms with Crippen molar-refractivity contribution in [1.29, 1.82) is 0 Å². The van der Waals surface area contributed by atoms with Gasteiger partial charge in [-0.1, -0.05) is 24.3 Å². The van der Waals surface area contributed by atoms with Crippen LogP contribution >= 0.6 is 0 Å². The van der Waals surface area contributed by atoms with Gasteiger partial charge in [0.05, 0.1) is 22.8 Å². The average Bonchev–Trinajstić information content (AvgIpc) is 3.31. The molecule has 4 rings (SSSR count). The number of likely N-dealkylation sites (N-methyl/N-ethyl adjacent to an activating group) is 2. The van der Waals surface area contributed by atoms with Gasteiger partial charge >= 0.3 is 0 Å². The third kappa shape index (κ3) is 6.12. The number of aromatic nitrogens is 3. The molecular weight excluding hydrogens is 478 g/mol. The number of aliphatic hydroxyl groups is 1. The first kappa shape index (κ1) is 27.5. The van der Waals surface area contributed by atoms with Crippen molar-refractivity contribution in [3.8, 4) is 11.3 Å². The standard InChI is InChI=1S/C29H39N7O2/c1-18(2)36-27-25(16-32-36)23(28(37)31-15-24-19(3)13-20(4)33-29(24)38)14-26(34-27)22-9-7-21(8-10-22)17-35(6)12-11-30-5/h7-10,13-14,16,18,29-30,33,38H,11-12,15,17H2,1-6H3,(H,31,37). The van der Waals surface area contributed by atoms with Crippen molar-refractivity contribution in [3.05, 3.63) is 70.6 Å². The summed E-state index contributed by atoms with van der Waals surface area (Å²) in [6.07, 6.45) is 2.85. The maximum atomic E-state index is 13.5. The summed E-state index contributed by atoms with van der Waals surface area (Å²) < 4.78 is 1.84. The fraction of sp³-hybridized carbons (Fsp3) is 0.414. The minimum absolute atomic E-state index is 0.0907. The molecule has 0 bridgehead atoms. The lowest BCUT2D eigenvalue weighted by Crippen LogP contribution is -2.38. The minimum Gasteiger partial charge on any atom is -0.370 e. The van der Waals surface area contributed by atoms with Gasteiger partial charge < -0.3 is 26.0 Å². The molecule has 1 aromatic carbocycles. The van der Waals surface area contributed by atoms with E-state index in [4.69, 9.17) is 4.98 Å². The SMILES string of the molecule is CNCCN(C)Cc1ccc(-c2cc(C(=O)NCC3=C(C)C=C(C)NC3O)c3cnn(C(C)C)c3n2)cc1. The second-order valence-corrected chi connectivity index (χ2v) is 10.3. The van der Waals surface area contributed by atoms with Crippen LogP contribution in [0.25, 0.3) is 22.3 Å². The molecule has 1 amide bonds. The molecule has 0 aliphatic carbocycles. The number of allylic oxidation sites excluding steroid dienone is 3. The maximum absolute atomic E-state index is 13.5. The van der Waals surface area contributed by atoms with E-state index in [0.717, 1.165) is 42.0 Å². The van der Waals surface area contributed by atoms with Crippen LogP contribution in [-0.2, 0) is 6.54 Å². The van der Waals surface area contributed by atoms with Crippen LogP contribution in [0.3, 0.4) is 0 Å². The number of hydrogen-bond acceptors (Lipinski definition) is 7. The maximum Gasteiger partial charge on any atom is 0.252 e. The molecule has 1 aliphatic rings. The van der Waals surface area contributed by atoms with Crippen LogP contribution in [0, 0.1) is 0 Å². The summed E-state index contributed by atoms with van der Waals surface area (Å²) in [5.74, 6) is -0.233. The molecule has 0 fully saturated rings. The van der Waals surface area contributed by atoms with E-state index in [1.165, 1.54) is 5.56 Å². The molecule has 9 nitrogen and oxygen atoms in total. The summed E-state index contributed by atoms with van der Waals surface area (Å²) in [6.45, 7) is 10.9. The van der Waals surface area contributed by atoms with Gasteiger partial charge in [0.2, 0.25) is 0 Å². The van der Waals surface area contributed by atoms with Crippen LogP contribution in [0.15, 0.2) is 59.4 Å². The highest BCUT2D eigenvalue weighted by molar-refractivity contribution is 6.06. The molecular formula is C29H39N7O2. The summed E-state index contributed by atoms with van der Waals surface area (Å²) in [5, 5.41) is 24.9. The zero-order chi connectivity index (χ0) is 27.4. The lowest BCUT2D eigenvalue weighted by Gasteiger charge is -2.24. The number of nitrogens with zero attached hydrogens (tertiary/aromatic N) is 4. The van der Waals surface area contributed by atoms with Crippen LogP contribution < -0.4 is 16.0 Å². The van der Waals surface area contributed by atoms with E-state index in [1.807, 2.05) is 51.6 Å². The van der Waals surface area contributed by atoms with E-state index in [0.29, 0.717) is 22.3 Å². The first-order valence-electron chi connectivity index (χ1n) is 13.1. The van der Waals surface area contributed by atoms with Gasteiger partial charge in [-0.25, -0.2) is 9.67 Å². The smallest absolute Gasteiger partial charge is 0.252 e. The number of carbonyl (C=O) groups is 1. The van der Waals surface area contributed by atoms with Crippen molar-refractivity contribution in [3.63, 3.8) is 0 Å². The van der Waals surface area contributed by atoms with Crippen LogP contribution in [0.2, 0.25) is 0 Å². The molecule has 202 valence electrons. The predicted molar refractivity (Wildman–Crippen MR) is 152 cm³/mol. The highest BCUT2D eigenvalue weighted by Crippen LogP contribution is 2.27. The molecule has 0 saturated heterocycles. The first-order valence-corrected chi connectivity index (χ1v) is 13.1. The molecule has 3 aromatic rings. The fourth-order valence-electron chi connectivity index (χ4n) is 4.69. The van der Waals surface area contributed by atoms with E-state index in [-0.39, 0.29) is 18.5 Å². The molecule has 1 atom stereocenters. The average molecular weight is 518 g/mol. The van der Waals surface area contributed by atoms with E-state index < -0.39 is 6.23 Å². The van der Waals surface area contributed by atoms with Gasteiger partial charge in [-0.3, -0.25) is 4.79 Å². The predicted octanol–water partition coefficient (Wildman–Crippen LogP) is 3.20. The summed E-state index contributed by atoms with van der Waals surface area (Å²) in [4.78, 5) is 20.7. The molecule has 1 aliphatic heterocycles. The minimum atomic E-state index is -0.826. The van der Waals surface area contributed by atoms with Gasteiger partial charge in [-0.15, -0.1) is 0 Å². The number of fused-ring (bicyclic) bond motifs is 1. The number of hydrogen-bond donors (Lipinski definition) is 4. The molecule has 9 heteroatoms. The monoisotopic (exact) mass is 517 g/mol. The number of benzene rings is 1. The Morgan fingerprint density at radius 1 is 1.24 bits per heavy atom. The number of dihydropyridines is 1. The van der Waals surface area contributed by atoms with Crippen LogP contribution in [0.4, 0.5) is 0 Å². The Labute approximate surface area is 224 Å². The molecule has 2 aromatic heterocycles. The summed E-state index contributed by atoms with van der Waals surface area (Å²) in [7, 11) is 4.06. The number of rotatable bonds is 10. The lowest BCUT2D eigenvalue weighted by molar-refractivity contribution is 0.0954. The molecule has 3 heterocycles. The van der Waals surface area contributed by atoms with Crippen molar-refractivity contribution in [2.24, 2.45) is 0 Å². The van der Waals surface area contributed by atoms with Gasteiger partial charge in [0.1, 0.15) is 6.23 Å². The van der Waals surface area contributed by atoms with Crippen molar-refractivity contribution in [1.82, 2.24) is 35.6 Å². The van der Waals surface area contributed by atoms with Crippen molar-refractivity contribution in [2.45, 2.75) is 46.5 Å². The normalized spacial score (nSPS) is 15.8. The summed E-state index contributed by atoms with van der Waals surface area (Å²) in [5.41, 5.74) is 6.62. The number of nitrogens with one attached hydrogen (secondary N) is 3. The highest BCUT2D eigenvalue weighted by Gasteiger charge is 2.21. The number of aliphatic hydroxyl groups excluding tert-OH is 1. The number of carbonyl (C=O) groups excluding carboxylic acids is 1. The van der Waals surface area contributed by atoms with E-state index >= 15 is 0 Å². The molecule has 4 N–H and O–H groups in total. The largest absolute Gasteiger partial charge is 0.370 e. The van der Waals surface area contributed by atoms with Gasteiger partial charge in [-0.2, -0.15) is 5.10 Å². The van der Waals surface area contributed by atoms with Crippen LogP contribution in [0.1, 0.15) is 49.7 Å². The molecule has 0 spiro atoms. The van der Waals surface area contributed by atoms with Gasteiger partial charge in [0.25, 0.3) is 5.91 Å². The van der Waals surface area contributed by atoms with Crippen molar-refractivity contribution < 1.29 is 9.90 Å². The zero-order valence-electron chi connectivity index (χ0n) is 23.2. The Balaban J connectivity index is 1.64. The second kappa shape index (κ2) is 11.9. The Kier molecular flexibility index (Phi) is 8.61. The lowest BCUT2D eigenvalue weighted by atomic mass is 10.0. The van der Waals surface area contributed by atoms with Gasteiger partial charge in [-0.05, 0) is 65.1 Å². The highest BCUT2D eigenvalue weighted by atomic mass is 16.3. The van der Waals surface area contributed by atoms with Crippen LogP contribution in [-0.4, -0.2) is 70.6 Å². The Hall–Kier alpha value is -3.53. The molecule has 1 unspecified atom stereocenters. The summed E-state index contributed by atoms with van der Waals surface area (Å²) >= 11 is 0. The van der Waals surface area contributed by atoms with Crippen molar-refractivity contribution in [2.75, 3.05) is 33.7 Å². The third-order valence-electron chi connectivity index (χ3n) is 6.82. The Morgan fingerprint density at radius 3 is 2.63 bits per heavy atom. The second-order valence-electron chi connectivity index (χ2n) is 10.3. The van der Waals surface area contributed by atoms with Gasteiger partial charge in [0.15, 0.2) is 5.65 Å². The number of amides is 1. The summed E-state index contributed by atoms with van der Waals surface area (Å²) in [6, 6.07) is 10.3. The van der Waals surface area contributed by atoms with Gasteiger partial charge in [0, 0.05) is 49.1 Å². The quantitative estimate of drug-likeness (QED) is 0.327. The topological polar surface area (TPSA) is 107 Å². The molecule has 38 heavy (non-hydrogen) atoms. The molecule has 0 radical (unpaired) electrons. The zero-order valence-corrected chi connectivity index (χ0v) is 23.2. The Bertz CT molecular complexity index is 1360. The number of pyridine rings is 1. The fourth-order valence-corrected chi connectivity index (χ4v) is 4.69. The molecule has 0 saturated carbocycles. The van der Waals surface area contributed by atoms with E-state index in [1.54, 1.807) is 6.20 Å². The van der Waals surface area contributed by atoms with Crippen molar-refractivity contribution >= 4 is 16.9 Å². The van der Waals surface area contributed by atoms with E-state index in [2.05, 4.69) is 57.3 Å². The van der Waals surface area contributed by atoms with Crippen LogP contribution in [0.5, 0.6) is 0 Å². The first-order chi connectivity index (χ1) is 18.2. The Morgan fingerprint density at radius 2 is 1.97 bits per heavy atom.